The van der Waals surface area contributed by atoms with Gasteiger partial charge in [-0.1, -0.05) is 12.1 Å². The number of carboxylic acid groups (broad SMARTS) is 1. The van der Waals surface area contributed by atoms with Crippen molar-refractivity contribution in [2.24, 2.45) is 0 Å². The fraction of sp³-hybridized carbons (Fsp3) is 0.533. The maximum Gasteiger partial charge on any atom is 0.412 e. The van der Waals surface area contributed by atoms with E-state index in [0.717, 1.165) is 23.0 Å². The second kappa shape index (κ2) is 5.37. The molecule has 0 saturated carbocycles. The Morgan fingerprint density at radius 1 is 1.30 bits per heavy atom. The molecule has 2 saturated heterocycles. The SMILES string of the molecule is CN1C2CCC1CC(N(C(=O)O)c1ccccc1Br)C2. The number of piperidine rings is 1. The predicted octanol–water partition coefficient (Wildman–Crippen LogP) is 3.56. The molecule has 0 aromatic heterocycles. The molecule has 0 spiro atoms. The summed E-state index contributed by atoms with van der Waals surface area (Å²) in [6.45, 7) is 0. The lowest BCUT2D eigenvalue weighted by Gasteiger charge is -2.40. The average molecular weight is 339 g/mol. The van der Waals surface area contributed by atoms with Gasteiger partial charge in [-0.2, -0.15) is 0 Å². The molecular weight excluding hydrogens is 320 g/mol. The Labute approximate surface area is 127 Å². The van der Waals surface area contributed by atoms with Crippen molar-refractivity contribution in [3.05, 3.63) is 28.7 Å². The van der Waals surface area contributed by atoms with Crippen LogP contribution in [0.25, 0.3) is 0 Å². The number of rotatable bonds is 2. The number of para-hydroxylation sites is 1. The van der Waals surface area contributed by atoms with E-state index in [2.05, 4.69) is 27.9 Å². The summed E-state index contributed by atoms with van der Waals surface area (Å²) in [7, 11) is 2.17. The smallest absolute Gasteiger partial charge is 0.412 e. The maximum absolute atomic E-state index is 11.8. The molecule has 2 atom stereocenters. The number of amides is 1. The predicted molar refractivity (Wildman–Crippen MR) is 82.2 cm³/mol. The van der Waals surface area contributed by atoms with Crippen LogP contribution < -0.4 is 4.90 Å². The third-order valence-corrected chi connectivity index (χ3v) is 5.43. The summed E-state index contributed by atoms with van der Waals surface area (Å²) in [4.78, 5) is 15.7. The van der Waals surface area contributed by atoms with E-state index < -0.39 is 6.09 Å². The van der Waals surface area contributed by atoms with Crippen molar-refractivity contribution in [2.45, 2.75) is 43.8 Å². The summed E-state index contributed by atoms with van der Waals surface area (Å²) in [5.74, 6) is 0. The fourth-order valence-electron chi connectivity index (χ4n) is 3.70. The minimum atomic E-state index is -0.856. The number of hydrogen-bond acceptors (Lipinski definition) is 2. The van der Waals surface area contributed by atoms with E-state index in [1.54, 1.807) is 4.90 Å². The van der Waals surface area contributed by atoms with Crippen LogP contribution in [0.3, 0.4) is 0 Å². The number of nitrogens with zero attached hydrogens (tertiary/aromatic N) is 2. The van der Waals surface area contributed by atoms with Crippen LogP contribution in [-0.4, -0.2) is 41.3 Å². The van der Waals surface area contributed by atoms with Crippen molar-refractivity contribution in [2.75, 3.05) is 11.9 Å². The zero-order valence-corrected chi connectivity index (χ0v) is 13.1. The molecule has 2 bridgehead atoms. The summed E-state index contributed by atoms with van der Waals surface area (Å²) in [5, 5.41) is 9.65. The number of halogens is 1. The van der Waals surface area contributed by atoms with Gasteiger partial charge in [0.2, 0.25) is 0 Å². The van der Waals surface area contributed by atoms with Crippen molar-refractivity contribution < 1.29 is 9.90 Å². The molecule has 0 radical (unpaired) electrons. The normalized spacial score (nSPS) is 29.4. The molecule has 1 amide bonds. The van der Waals surface area contributed by atoms with Crippen molar-refractivity contribution >= 4 is 27.7 Å². The van der Waals surface area contributed by atoms with E-state index in [4.69, 9.17) is 0 Å². The zero-order valence-electron chi connectivity index (χ0n) is 11.5. The van der Waals surface area contributed by atoms with Gasteiger partial charge in [0.15, 0.2) is 0 Å². The van der Waals surface area contributed by atoms with Crippen molar-refractivity contribution in [1.82, 2.24) is 4.90 Å². The summed E-state index contributed by atoms with van der Waals surface area (Å²) in [5.41, 5.74) is 0.758. The standard InChI is InChI=1S/C15H19BrN2O2/c1-17-10-6-7-11(17)9-12(8-10)18(15(19)20)14-5-3-2-4-13(14)16/h2-5,10-12H,6-9H2,1H3,(H,19,20). The highest BCUT2D eigenvalue weighted by Gasteiger charge is 2.42. The Balaban J connectivity index is 1.89. The van der Waals surface area contributed by atoms with Gasteiger partial charge in [0.1, 0.15) is 0 Å². The van der Waals surface area contributed by atoms with Crippen LogP contribution >= 0.6 is 15.9 Å². The van der Waals surface area contributed by atoms with Crippen LogP contribution in [0.4, 0.5) is 10.5 Å². The van der Waals surface area contributed by atoms with Crippen LogP contribution in [0.1, 0.15) is 25.7 Å². The third kappa shape index (κ3) is 2.33. The molecule has 1 aromatic carbocycles. The van der Waals surface area contributed by atoms with Crippen LogP contribution in [0, 0.1) is 0 Å². The maximum atomic E-state index is 11.8. The molecule has 4 nitrogen and oxygen atoms in total. The molecule has 2 aliphatic heterocycles. The molecule has 3 rings (SSSR count). The van der Waals surface area contributed by atoms with Gasteiger partial charge in [-0.15, -0.1) is 0 Å². The minimum Gasteiger partial charge on any atom is -0.465 e. The number of benzene rings is 1. The average Bonchev–Trinajstić information content (AvgIpc) is 2.63. The molecule has 2 fully saturated rings. The largest absolute Gasteiger partial charge is 0.465 e. The first-order chi connectivity index (χ1) is 9.58. The van der Waals surface area contributed by atoms with Gasteiger partial charge in [-0.3, -0.25) is 4.90 Å². The van der Waals surface area contributed by atoms with Crippen LogP contribution in [0.15, 0.2) is 28.7 Å². The van der Waals surface area contributed by atoms with Gasteiger partial charge >= 0.3 is 6.09 Å². The van der Waals surface area contributed by atoms with Gasteiger partial charge in [-0.25, -0.2) is 4.79 Å². The van der Waals surface area contributed by atoms with Crippen LogP contribution in [0.5, 0.6) is 0 Å². The second-order valence-corrected chi connectivity index (χ2v) is 6.63. The summed E-state index contributed by atoms with van der Waals surface area (Å²) in [6.07, 6.45) is 3.40. The molecule has 108 valence electrons. The van der Waals surface area contributed by atoms with E-state index in [9.17, 15) is 9.90 Å². The first kappa shape index (κ1) is 13.9. The second-order valence-electron chi connectivity index (χ2n) is 5.78. The first-order valence-electron chi connectivity index (χ1n) is 7.06. The summed E-state index contributed by atoms with van der Waals surface area (Å²) in [6, 6.07) is 8.71. The molecule has 2 heterocycles. The quantitative estimate of drug-likeness (QED) is 0.896. The molecule has 5 heteroatoms. The van der Waals surface area contributed by atoms with E-state index >= 15 is 0 Å². The Kier molecular flexibility index (Phi) is 3.73. The minimum absolute atomic E-state index is 0.0832. The van der Waals surface area contributed by atoms with Crippen molar-refractivity contribution in [1.29, 1.82) is 0 Å². The van der Waals surface area contributed by atoms with E-state index in [0.29, 0.717) is 12.1 Å². The van der Waals surface area contributed by atoms with Gasteiger partial charge in [0.25, 0.3) is 0 Å². The van der Waals surface area contributed by atoms with E-state index in [1.807, 2.05) is 24.3 Å². The number of fused-ring (bicyclic) bond motifs is 2. The molecule has 1 aromatic rings. The van der Waals surface area contributed by atoms with Crippen molar-refractivity contribution in [3.8, 4) is 0 Å². The lowest BCUT2D eigenvalue weighted by atomic mass is 9.96. The molecule has 20 heavy (non-hydrogen) atoms. The molecule has 1 N–H and O–H groups in total. The summed E-state index contributed by atoms with van der Waals surface area (Å²) >= 11 is 3.47. The monoisotopic (exact) mass is 338 g/mol. The first-order valence-corrected chi connectivity index (χ1v) is 7.86. The van der Waals surface area contributed by atoms with Gasteiger partial charge in [0, 0.05) is 22.6 Å². The Hall–Kier alpha value is -1.07. The zero-order chi connectivity index (χ0) is 14.3. The number of carbonyl (C=O) groups is 1. The van der Waals surface area contributed by atoms with Crippen molar-refractivity contribution in [3.63, 3.8) is 0 Å². The fourth-order valence-corrected chi connectivity index (χ4v) is 4.17. The summed E-state index contributed by atoms with van der Waals surface area (Å²) < 4.78 is 0.841. The van der Waals surface area contributed by atoms with E-state index in [-0.39, 0.29) is 6.04 Å². The highest BCUT2D eigenvalue weighted by atomic mass is 79.9. The van der Waals surface area contributed by atoms with Gasteiger partial charge in [0.05, 0.1) is 5.69 Å². The molecular formula is C15H19BrN2O2. The lowest BCUT2D eigenvalue weighted by Crippen LogP contribution is -2.50. The number of anilines is 1. The van der Waals surface area contributed by atoms with Crippen LogP contribution in [0.2, 0.25) is 0 Å². The third-order valence-electron chi connectivity index (χ3n) is 4.76. The topological polar surface area (TPSA) is 43.8 Å². The highest BCUT2D eigenvalue weighted by molar-refractivity contribution is 9.10. The Morgan fingerprint density at radius 3 is 2.45 bits per heavy atom. The Bertz CT molecular complexity index is 508. The number of hydrogen-bond donors (Lipinski definition) is 1. The molecule has 2 aliphatic rings. The molecule has 0 aliphatic carbocycles. The Morgan fingerprint density at radius 2 is 1.90 bits per heavy atom. The van der Waals surface area contributed by atoms with Crippen LogP contribution in [-0.2, 0) is 0 Å². The highest BCUT2D eigenvalue weighted by Crippen LogP contribution is 2.39. The van der Waals surface area contributed by atoms with Gasteiger partial charge in [-0.05, 0) is 60.8 Å². The lowest BCUT2D eigenvalue weighted by molar-refractivity contribution is 0.151. The molecule has 2 unspecified atom stereocenters. The van der Waals surface area contributed by atoms with Gasteiger partial charge < -0.3 is 10.0 Å². The van der Waals surface area contributed by atoms with E-state index in [1.165, 1.54) is 12.8 Å².